The molecule has 4 nitrogen and oxygen atoms in total. The number of rotatable bonds is 7. The topological polar surface area (TPSA) is 32.8 Å². The summed E-state index contributed by atoms with van der Waals surface area (Å²) in [7, 11) is 0. The fraction of sp³-hybridized carbons (Fsp3) is 0.500. The minimum Gasteiger partial charge on any atom is -0.379 e. The highest BCUT2D eigenvalue weighted by molar-refractivity contribution is 6.09. The zero-order chi connectivity index (χ0) is 20.8. The third kappa shape index (κ3) is 5.57. The quantitative estimate of drug-likeness (QED) is 0.649. The fourth-order valence-electron chi connectivity index (χ4n) is 4.74. The molecule has 30 heavy (non-hydrogen) atoms. The summed E-state index contributed by atoms with van der Waals surface area (Å²) in [5.41, 5.74) is 2.80. The molecule has 0 spiro atoms. The van der Waals surface area contributed by atoms with E-state index in [0.29, 0.717) is 5.92 Å². The van der Waals surface area contributed by atoms with E-state index in [2.05, 4.69) is 28.9 Å². The van der Waals surface area contributed by atoms with Crippen LogP contribution >= 0.6 is 0 Å². The third-order valence-corrected chi connectivity index (χ3v) is 6.61. The van der Waals surface area contributed by atoms with E-state index in [1.165, 1.54) is 38.0 Å². The lowest BCUT2D eigenvalue weighted by Gasteiger charge is -2.37. The van der Waals surface area contributed by atoms with E-state index in [1.54, 1.807) is 0 Å². The summed E-state index contributed by atoms with van der Waals surface area (Å²) in [6, 6.07) is 17.8. The highest BCUT2D eigenvalue weighted by atomic mass is 16.5. The van der Waals surface area contributed by atoms with Crippen LogP contribution in [0.2, 0.25) is 0 Å². The molecule has 0 aliphatic carbocycles. The number of likely N-dealkylation sites (tertiary alicyclic amines) is 1. The van der Waals surface area contributed by atoms with Crippen molar-refractivity contribution in [2.45, 2.75) is 25.7 Å². The Kier molecular flexibility index (Phi) is 7.32. The molecule has 2 aromatic rings. The molecule has 2 saturated heterocycles. The van der Waals surface area contributed by atoms with Crippen molar-refractivity contribution >= 4 is 5.78 Å². The first-order valence-corrected chi connectivity index (χ1v) is 11.4. The van der Waals surface area contributed by atoms with Gasteiger partial charge in [0.1, 0.15) is 0 Å². The number of ether oxygens (including phenoxy) is 1. The van der Waals surface area contributed by atoms with Gasteiger partial charge in [-0.25, -0.2) is 0 Å². The summed E-state index contributed by atoms with van der Waals surface area (Å²) in [6.45, 7) is 10.9. The summed E-state index contributed by atoms with van der Waals surface area (Å²) in [6.07, 6.45) is 2.58. The average molecular weight is 407 g/mol. The van der Waals surface area contributed by atoms with Gasteiger partial charge in [0.15, 0.2) is 5.78 Å². The summed E-state index contributed by atoms with van der Waals surface area (Å²) in [4.78, 5) is 18.0. The normalized spacial score (nSPS) is 20.2. The van der Waals surface area contributed by atoms with Gasteiger partial charge in [0.05, 0.1) is 13.2 Å². The van der Waals surface area contributed by atoms with Crippen LogP contribution in [-0.4, -0.2) is 68.1 Å². The molecule has 0 amide bonds. The van der Waals surface area contributed by atoms with Gasteiger partial charge in [0, 0.05) is 37.3 Å². The molecule has 0 saturated carbocycles. The van der Waals surface area contributed by atoms with Gasteiger partial charge in [-0.1, -0.05) is 55.5 Å². The average Bonchev–Trinajstić information content (AvgIpc) is 2.81. The molecule has 0 N–H and O–H groups in total. The molecule has 0 aromatic heterocycles. The molecule has 2 heterocycles. The predicted molar refractivity (Wildman–Crippen MR) is 121 cm³/mol. The predicted octanol–water partition coefficient (Wildman–Crippen LogP) is 4.07. The molecule has 1 atom stereocenters. The third-order valence-electron chi connectivity index (χ3n) is 6.61. The van der Waals surface area contributed by atoms with Gasteiger partial charge >= 0.3 is 0 Å². The van der Waals surface area contributed by atoms with E-state index < -0.39 is 0 Å². The van der Waals surface area contributed by atoms with E-state index in [0.717, 1.165) is 49.9 Å². The van der Waals surface area contributed by atoms with Crippen molar-refractivity contribution in [1.82, 2.24) is 9.80 Å². The Morgan fingerprint density at radius 1 is 0.933 bits per heavy atom. The van der Waals surface area contributed by atoms with Gasteiger partial charge in [0.2, 0.25) is 0 Å². The van der Waals surface area contributed by atoms with Crippen LogP contribution < -0.4 is 0 Å². The Balaban J connectivity index is 1.29. The Labute approximate surface area is 180 Å². The largest absolute Gasteiger partial charge is 0.379 e. The van der Waals surface area contributed by atoms with Crippen molar-refractivity contribution < 1.29 is 9.53 Å². The molecule has 2 aliphatic heterocycles. The van der Waals surface area contributed by atoms with Crippen molar-refractivity contribution in [3.63, 3.8) is 0 Å². The lowest BCUT2D eigenvalue weighted by atomic mass is 9.92. The monoisotopic (exact) mass is 406 g/mol. The number of ketones is 1. The molecule has 2 aromatic carbocycles. The van der Waals surface area contributed by atoms with Gasteiger partial charge in [-0.3, -0.25) is 9.69 Å². The second-order valence-electron chi connectivity index (χ2n) is 8.88. The van der Waals surface area contributed by atoms with Gasteiger partial charge < -0.3 is 9.64 Å². The van der Waals surface area contributed by atoms with Crippen molar-refractivity contribution in [2.24, 2.45) is 5.92 Å². The maximum Gasteiger partial charge on any atom is 0.193 e. The van der Waals surface area contributed by atoms with Crippen LogP contribution in [0.4, 0.5) is 0 Å². The lowest BCUT2D eigenvalue weighted by molar-refractivity contribution is 0.0243. The number of piperidine rings is 1. The van der Waals surface area contributed by atoms with Crippen molar-refractivity contribution in [2.75, 3.05) is 52.5 Å². The van der Waals surface area contributed by atoms with E-state index in [1.807, 2.05) is 42.5 Å². The molecule has 4 rings (SSSR count). The van der Waals surface area contributed by atoms with Crippen molar-refractivity contribution in [1.29, 1.82) is 0 Å². The summed E-state index contributed by atoms with van der Waals surface area (Å²) in [5, 5.41) is 0. The van der Waals surface area contributed by atoms with Crippen LogP contribution in [0.1, 0.15) is 47.2 Å². The molecular weight excluding hydrogens is 372 g/mol. The first kappa shape index (κ1) is 21.2. The van der Waals surface area contributed by atoms with Gasteiger partial charge in [-0.15, -0.1) is 0 Å². The lowest BCUT2D eigenvalue weighted by Crippen LogP contribution is -2.43. The van der Waals surface area contributed by atoms with E-state index in [-0.39, 0.29) is 5.78 Å². The standard InChI is InChI=1S/C26H34N2O2/c1-21(19-27-12-10-22(11-13-27)20-28-14-16-30-17-15-28)24-8-5-9-25(18-24)26(29)23-6-3-2-4-7-23/h2-9,18,21-22H,10-17,19-20H2,1H3. The van der Waals surface area contributed by atoms with E-state index in [4.69, 9.17) is 4.74 Å². The summed E-state index contributed by atoms with van der Waals surface area (Å²) >= 11 is 0. The maximum atomic E-state index is 12.8. The Morgan fingerprint density at radius 3 is 2.37 bits per heavy atom. The number of carbonyl (C=O) groups is 1. The molecule has 160 valence electrons. The van der Waals surface area contributed by atoms with Crippen LogP contribution in [0.25, 0.3) is 0 Å². The molecule has 1 unspecified atom stereocenters. The number of nitrogens with zero attached hydrogens (tertiary/aromatic N) is 2. The van der Waals surface area contributed by atoms with Gasteiger partial charge in [0.25, 0.3) is 0 Å². The molecule has 0 radical (unpaired) electrons. The Hall–Kier alpha value is -2.01. The smallest absolute Gasteiger partial charge is 0.193 e. The maximum absolute atomic E-state index is 12.8. The van der Waals surface area contributed by atoms with E-state index in [9.17, 15) is 4.79 Å². The molecule has 0 bridgehead atoms. The first-order chi connectivity index (χ1) is 14.7. The van der Waals surface area contributed by atoms with Crippen LogP contribution in [0, 0.1) is 5.92 Å². The minimum atomic E-state index is 0.105. The second-order valence-corrected chi connectivity index (χ2v) is 8.88. The molecule has 2 aliphatic rings. The number of carbonyl (C=O) groups excluding carboxylic acids is 1. The highest BCUT2D eigenvalue weighted by Gasteiger charge is 2.23. The van der Waals surface area contributed by atoms with Crippen LogP contribution in [-0.2, 0) is 4.74 Å². The zero-order valence-corrected chi connectivity index (χ0v) is 18.1. The van der Waals surface area contributed by atoms with Gasteiger partial charge in [-0.2, -0.15) is 0 Å². The second kappa shape index (κ2) is 10.3. The number of benzene rings is 2. The molecular formula is C26H34N2O2. The Bertz CT molecular complexity index is 809. The molecule has 4 heteroatoms. The summed E-state index contributed by atoms with van der Waals surface area (Å²) < 4.78 is 5.47. The van der Waals surface area contributed by atoms with Gasteiger partial charge in [-0.05, 0) is 49.4 Å². The zero-order valence-electron chi connectivity index (χ0n) is 18.1. The van der Waals surface area contributed by atoms with Crippen LogP contribution in [0.5, 0.6) is 0 Å². The number of hydrogen-bond acceptors (Lipinski definition) is 4. The fourth-order valence-corrected chi connectivity index (χ4v) is 4.74. The Morgan fingerprint density at radius 2 is 1.63 bits per heavy atom. The SMILES string of the molecule is CC(CN1CCC(CN2CCOCC2)CC1)c1cccc(C(=O)c2ccccc2)c1. The van der Waals surface area contributed by atoms with Crippen LogP contribution in [0.3, 0.4) is 0 Å². The first-order valence-electron chi connectivity index (χ1n) is 11.4. The summed E-state index contributed by atoms with van der Waals surface area (Å²) in [5.74, 6) is 1.35. The van der Waals surface area contributed by atoms with Crippen molar-refractivity contribution in [3.05, 3.63) is 71.3 Å². The molecule has 2 fully saturated rings. The highest BCUT2D eigenvalue weighted by Crippen LogP contribution is 2.24. The van der Waals surface area contributed by atoms with Crippen LogP contribution in [0.15, 0.2) is 54.6 Å². The van der Waals surface area contributed by atoms with E-state index >= 15 is 0 Å². The number of morpholine rings is 1. The minimum absolute atomic E-state index is 0.105. The van der Waals surface area contributed by atoms with Crippen molar-refractivity contribution in [3.8, 4) is 0 Å². The number of hydrogen-bond donors (Lipinski definition) is 0.